The summed E-state index contributed by atoms with van der Waals surface area (Å²) < 4.78 is 28.5. The van der Waals surface area contributed by atoms with Gasteiger partial charge in [0.2, 0.25) is 10.0 Å². The fourth-order valence-corrected chi connectivity index (χ4v) is 5.39. The minimum atomic E-state index is -3.79. The Morgan fingerprint density at radius 1 is 0.750 bits per heavy atom. The van der Waals surface area contributed by atoms with E-state index < -0.39 is 16.0 Å². The van der Waals surface area contributed by atoms with Crippen molar-refractivity contribution in [2.24, 2.45) is 0 Å². The normalized spacial score (nSPS) is 11.2. The average molecular weight is 608 g/mol. The van der Waals surface area contributed by atoms with Gasteiger partial charge in [0.25, 0.3) is 0 Å². The second-order valence-electron chi connectivity index (χ2n) is 10.3. The van der Waals surface area contributed by atoms with Crippen LogP contribution in [0.3, 0.4) is 0 Å². The highest BCUT2D eigenvalue weighted by Crippen LogP contribution is 2.20. The molecule has 0 aromatic heterocycles. The maximum atomic E-state index is 13.5. The number of aryl methyl sites for hydroxylation is 1. The first-order valence-corrected chi connectivity index (χ1v) is 16.2. The van der Waals surface area contributed by atoms with Crippen LogP contribution in [-0.4, -0.2) is 18.7 Å². The third-order valence-electron chi connectivity index (χ3n) is 6.83. The summed E-state index contributed by atoms with van der Waals surface area (Å²) in [5, 5.41) is 1.23. The van der Waals surface area contributed by atoms with Gasteiger partial charge in [0.1, 0.15) is 0 Å². The molecule has 0 spiro atoms. The van der Waals surface area contributed by atoms with Crippen molar-refractivity contribution in [1.29, 1.82) is 0 Å². The van der Waals surface area contributed by atoms with Gasteiger partial charge < -0.3 is 0 Å². The number of benzene rings is 4. The van der Waals surface area contributed by atoms with Crippen LogP contribution in [0.15, 0.2) is 109 Å². The van der Waals surface area contributed by atoms with Gasteiger partial charge in [-0.15, -0.1) is 0 Å². The summed E-state index contributed by atoms with van der Waals surface area (Å²) in [6, 6.07) is 32.0. The van der Waals surface area contributed by atoms with Gasteiger partial charge in [0.15, 0.2) is 5.75 Å². The zero-order valence-corrected chi connectivity index (χ0v) is 25.9. The number of sulfonamides is 1. The van der Waals surface area contributed by atoms with Crippen molar-refractivity contribution < 1.29 is 23.0 Å². The van der Waals surface area contributed by atoms with Gasteiger partial charge in [-0.25, -0.2) is 13.2 Å². The highest BCUT2D eigenvalue weighted by Gasteiger charge is 2.20. The molecule has 0 aliphatic carbocycles. The summed E-state index contributed by atoms with van der Waals surface area (Å²) in [5.74, 6) is 6.28. The van der Waals surface area contributed by atoms with Crippen LogP contribution in [0.25, 0.3) is 6.08 Å². The van der Waals surface area contributed by atoms with Gasteiger partial charge in [0, 0.05) is 36.0 Å². The SMILES string of the molecule is CCCCc1ccc(C#Cc2ccc(CN(Cc3ccc(OOC(=O)CC)cc3)S(=O)(=O)C=Cc3ccccc3)cc2)cc1. The summed E-state index contributed by atoms with van der Waals surface area (Å²) in [6.45, 7) is 4.16. The molecule has 4 aromatic carbocycles. The lowest BCUT2D eigenvalue weighted by Crippen LogP contribution is -2.28. The summed E-state index contributed by atoms with van der Waals surface area (Å²) in [6.07, 6.45) is 5.22. The smallest absolute Gasteiger partial charge is 0.287 e. The van der Waals surface area contributed by atoms with Crippen molar-refractivity contribution in [2.75, 3.05) is 0 Å². The van der Waals surface area contributed by atoms with E-state index in [1.165, 1.54) is 28.1 Å². The Morgan fingerprint density at radius 3 is 1.84 bits per heavy atom. The van der Waals surface area contributed by atoms with Crippen molar-refractivity contribution >= 4 is 22.1 Å². The van der Waals surface area contributed by atoms with E-state index in [-0.39, 0.29) is 19.5 Å². The maximum Gasteiger partial charge on any atom is 0.355 e. The van der Waals surface area contributed by atoms with Crippen LogP contribution >= 0.6 is 0 Å². The summed E-state index contributed by atoms with van der Waals surface area (Å²) in [5.41, 5.74) is 5.50. The monoisotopic (exact) mass is 607 g/mol. The Balaban J connectivity index is 1.49. The van der Waals surface area contributed by atoms with E-state index in [0.717, 1.165) is 34.2 Å². The molecule has 0 fully saturated rings. The van der Waals surface area contributed by atoms with Crippen LogP contribution in [0.1, 0.15) is 66.5 Å². The third-order valence-corrected chi connectivity index (χ3v) is 8.29. The number of hydrogen-bond acceptors (Lipinski definition) is 5. The second-order valence-corrected chi connectivity index (χ2v) is 12.1. The number of nitrogens with zero attached hydrogens (tertiary/aromatic N) is 1. The molecule has 0 aliphatic heterocycles. The lowest BCUT2D eigenvalue weighted by Gasteiger charge is -2.21. The first-order valence-electron chi connectivity index (χ1n) is 14.7. The molecule has 44 heavy (non-hydrogen) atoms. The molecule has 0 saturated carbocycles. The minimum absolute atomic E-state index is 0.131. The van der Waals surface area contributed by atoms with Crippen molar-refractivity contribution in [3.63, 3.8) is 0 Å². The molecule has 0 heterocycles. The van der Waals surface area contributed by atoms with Gasteiger partial charge in [-0.05, 0) is 77.6 Å². The predicted molar refractivity (Wildman–Crippen MR) is 175 cm³/mol. The molecule has 226 valence electrons. The maximum absolute atomic E-state index is 13.5. The Labute approximate surface area is 260 Å². The van der Waals surface area contributed by atoms with Crippen LogP contribution in [0.2, 0.25) is 0 Å². The fraction of sp³-hybridized carbons (Fsp3) is 0.216. The highest BCUT2D eigenvalue weighted by molar-refractivity contribution is 7.92. The van der Waals surface area contributed by atoms with Crippen LogP contribution in [0.5, 0.6) is 5.75 Å². The van der Waals surface area contributed by atoms with Crippen molar-refractivity contribution in [3.8, 4) is 17.6 Å². The van der Waals surface area contributed by atoms with Crippen molar-refractivity contribution in [2.45, 2.75) is 52.6 Å². The first-order chi connectivity index (χ1) is 21.3. The van der Waals surface area contributed by atoms with Crippen LogP contribution in [0, 0.1) is 11.8 Å². The molecular weight excluding hydrogens is 570 g/mol. The summed E-state index contributed by atoms with van der Waals surface area (Å²) >= 11 is 0. The quantitative estimate of drug-likeness (QED) is 0.0886. The lowest BCUT2D eigenvalue weighted by molar-refractivity contribution is -0.213. The molecule has 4 rings (SSSR count). The zero-order chi connectivity index (χ0) is 31.2. The van der Waals surface area contributed by atoms with E-state index >= 15 is 0 Å². The van der Waals surface area contributed by atoms with E-state index in [0.29, 0.717) is 5.75 Å². The van der Waals surface area contributed by atoms with E-state index in [1.807, 2.05) is 54.6 Å². The van der Waals surface area contributed by atoms with E-state index in [9.17, 15) is 13.2 Å². The molecule has 0 atom stereocenters. The van der Waals surface area contributed by atoms with E-state index in [1.54, 1.807) is 37.3 Å². The number of hydrogen-bond donors (Lipinski definition) is 0. The topological polar surface area (TPSA) is 72.9 Å². The number of carbonyl (C=O) groups excluding carboxylic acids is 1. The summed E-state index contributed by atoms with van der Waals surface area (Å²) in [4.78, 5) is 21.1. The lowest BCUT2D eigenvalue weighted by atomic mass is 10.1. The molecule has 0 radical (unpaired) electrons. The number of carbonyl (C=O) groups is 1. The molecule has 4 aromatic rings. The molecule has 0 bridgehead atoms. The largest absolute Gasteiger partial charge is 0.355 e. The Morgan fingerprint density at radius 2 is 1.30 bits per heavy atom. The molecule has 0 aliphatic rings. The standard InChI is InChI=1S/C37H37NO5S/c1-3-5-9-31-12-14-32(15-13-31)16-17-33-18-20-34(21-19-33)28-38(44(40,41)27-26-30-10-7-6-8-11-30)29-35-22-24-36(25-23-35)42-43-37(39)4-2/h6-8,10-15,18-27H,3-5,9,28-29H2,1-2H3. The van der Waals surface area contributed by atoms with Gasteiger partial charge in [0.05, 0.1) is 0 Å². The Bertz CT molecular complexity index is 1680. The average Bonchev–Trinajstić information content (AvgIpc) is 3.06. The molecule has 7 heteroatoms. The first kappa shape index (κ1) is 32.3. The van der Waals surface area contributed by atoms with Gasteiger partial charge in [-0.2, -0.15) is 4.31 Å². The molecular formula is C37H37NO5S. The molecule has 0 amide bonds. The van der Waals surface area contributed by atoms with Crippen LogP contribution in [0.4, 0.5) is 0 Å². The predicted octanol–water partition coefficient (Wildman–Crippen LogP) is 7.68. The fourth-order valence-electron chi connectivity index (χ4n) is 4.24. The molecule has 0 saturated heterocycles. The Hall–Kier alpha value is -4.64. The number of unbranched alkanes of at least 4 members (excludes halogenated alkanes) is 1. The second kappa shape index (κ2) is 16.3. The highest BCUT2D eigenvalue weighted by atomic mass is 32.2. The minimum Gasteiger partial charge on any atom is -0.287 e. The molecule has 0 unspecified atom stereocenters. The third kappa shape index (κ3) is 10.3. The Kier molecular flexibility index (Phi) is 11.9. The van der Waals surface area contributed by atoms with Crippen LogP contribution < -0.4 is 4.89 Å². The van der Waals surface area contributed by atoms with E-state index in [2.05, 4.69) is 43.0 Å². The van der Waals surface area contributed by atoms with Crippen LogP contribution in [-0.2, 0) is 39.2 Å². The van der Waals surface area contributed by atoms with Gasteiger partial charge >= 0.3 is 5.97 Å². The van der Waals surface area contributed by atoms with Crippen molar-refractivity contribution in [1.82, 2.24) is 4.31 Å². The van der Waals surface area contributed by atoms with Gasteiger partial charge in [-0.1, -0.05) is 98.8 Å². The van der Waals surface area contributed by atoms with E-state index in [4.69, 9.17) is 9.78 Å². The number of rotatable bonds is 13. The molecule has 0 N–H and O–H groups in total. The van der Waals surface area contributed by atoms with Crippen molar-refractivity contribution in [3.05, 3.63) is 142 Å². The molecule has 6 nitrogen and oxygen atoms in total. The van der Waals surface area contributed by atoms with Gasteiger partial charge in [-0.3, -0.25) is 9.78 Å². The zero-order valence-electron chi connectivity index (χ0n) is 25.1. The summed E-state index contributed by atoms with van der Waals surface area (Å²) in [7, 11) is -3.79.